The van der Waals surface area contributed by atoms with Crippen LogP contribution in [-0.4, -0.2) is 18.8 Å². The van der Waals surface area contributed by atoms with Gasteiger partial charge in [0.2, 0.25) is 5.91 Å². The summed E-state index contributed by atoms with van der Waals surface area (Å²) in [5.74, 6) is -0.311. The van der Waals surface area contributed by atoms with E-state index in [0.29, 0.717) is 5.56 Å². The standard InChI is InChI=1S/C12H15NO3/c1-9-5-3-4-6-10(9)11(14)7-8-12(15)13-16-2/h3-6H,7-8H2,1-2H3,(H,13,15). The van der Waals surface area contributed by atoms with Crippen LogP contribution in [0.5, 0.6) is 0 Å². The molecule has 0 saturated heterocycles. The molecule has 0 spiro atoms. The van der Waals surface area contributed by atoms with Gasteiger partial charge in [0.25, 0.3) is 0 Å². The highest BCUT2D eigenvalue weighted by Gasteiger charge is 2.10. The predicted octanol–water partition coefficient (Wildman–Crippen LogP) is 1.64. The Morgan fingerprint density at radius 3 is 2.56 bits per heavy atom. The Kier molecular flexibility index (Phi) is 4.66. The molecule has 0 aromatic heterocycles. The maximum Gasteiger partial charge on any atom is 0.243 e. The van der Waals surface area contributed by atoms with E-state index in [1.807, 2.05) is 25.1 Å². The molecular weight excluding hydrogens is 206 g/mol. The predicted molar refractivity (Wildman–Crippen MR) is 59.9 cm³/mol. The van der Waals surface area contributed by atoms with Gasteiger partial charge in [0.15, 0.2) is 5.78 Å². The maximum atomic E-state index is 11.8. The first kappa shape index (κ1) is 12.4. The Bertz CT molecular complexity index is 388. The highest BCUT2D eigenvalue weighted by Crippen LogP contribution is 2.10. The van der Waals surface area contributed by atoms with Gasteiger partial charge in [-0.15, -0.1) is 0 Å². The van der Waals surface area contributed by atoms with E-state index in [1.54, 1.807) is 6.07 Å². The fraction of sp³-hybridized carbons (Fsp3) is 0.333. The van der Waals surface area contributed by atoms with Gasteiger partial charge in [-0.2, -0.15) is 0 Å². The summed E-state index contributed by atoms with van der Waals surface area (Å²) >= 11 is 0. The average Bonchev–Trinajstić information content (AvgIpc) is 2.27. The van der Waals surface area contributed by atoms with Crippen LogP contribution < -0.4 is 5.48 Å². The first-order valence-electron chi connectivity index (χ1n) is 5.06. The maximum absolute atomic E-state index is 11.8. The van der Waals surface area contributed by atoms with Crippen molar-refractivity contribution in [2.24, 2.45) is 0 Å². The largest absolute Gasteiger partial charge is 0.294 e. The summed E-state index contributed by atoms with van der Waals surface area (Å²) in [5, 5.41) is 0. The molecule has 0 aliphatic rings. The topological polar surface area (TPSA) is 55.4 Å². The molecule has 0 unspecified atom stereocenters. The number of carbonyl (C=O) groups is 2. The number of amides is 1. The zero-order chi connectivity index (χ0) is 12.0. The normalized spacial score (nSPS) is 9.88. The molecule has 0 bridgehead atoms. The number of hydroxylamine groups is 1. The summed E-state index contributed by atoms with van der Waals surface area (Å²) < 4.78 is 0. The molecule has 0 fully saturated rings. The van der Waals surface area contributed by atoms with Crippen molar-refractivity contribution in [1.29, 1.82) is 0 Å². The van der Waals surface area contributed by atoms with Crippen LogP contribution in [0.1, 0.15) is 28.8 Å². The zero-order valence-electron chi connectivity index (χ0n) is 9.45. The highest BCUT2D eigenvalue weighted by atomic mass is 16.6. The Labute approximate surface area is 94.6 Å². The lowest BCUT2D eigenvalue weighted by Gasteiger charge is -2.04. The molecule has 4 heteroatoms. The number of ketones is 1. The van der Waals surface area contributed by atoms with Gasteiger partial charge in [-0.25, -0.2) is 5.48 Å². The smallest absolute Gasteiger partial charge is 0.243 e. The molecule has 1 amide bonds. The quantitative estimate of drug-likeness (QED) is 0.607. The van der Waals surface area contributed by atoms with Crippen LogP contribution in [0, 0.1) is 6.92 Å². The van der Waals surface area contributed by atoms with Crippen LogP contribution in [0.25, 0.3) is 0 Å². The van der Waals surface area contributed by atoms with Crippen molar-refractivity contribution in [3.8, 4) is 0 Å². The summed E-state index contributed by atoms with van der Waals surface area (Å²) in [6, 6.07) is 7.34. The minimum atomic E-state index is -0.288. The Hall–Kier alpha value is -1.68. The fourth-order valence-corrected chi connectivity index (χ4v) is 1.41. The first-order valence-corrected chi connectivity index (χ1v) is 5.06. The average molecular weight is 221 g/mol. The molecule has 1 N–H and O–H groups in total. The molecule has 0 heterocycles. The third-order valence-electron chi connectivity index (χ3n) is 2.24. The van der Waals surface area contributed by atoms with Gasteiger partial charge >= 0.3 is 0 Å². The monoisotopic (exact) mass is 221 g/mol. The summed E-state index contributed by atoms with van der Waals surface area (Å²) in [7, 11) is 1.36. The van der Waals surface area contributed by atoms with E-state index in [-0.39, 0.29) is 24.5 Å². The minimum absolute atomic E-state index is 0.0237. The molecule has 0 aliphatic carbocycles. The van der Waals surface area contributed by atoms with E-state index in [9.17, 15) is 9.59 Å². The number of Topliss-reactive ketones (excluding diaryl/α,β-unsaturated/α-hetero) is 1. The lowest BCUT2D eigenvalue weighted by molar-refractivity contribution is -0.131. The van der Waals surface area contributed by atoms with Gasteiger partial charge in [-0.05, 0) is 12.5 Å². The Morgan fingerprint density at radius 1 is 1.25 bits per heavy atom. The summed E-state index contributed by atoms with van der Waals surface area (Å²) in [6.07, 6.45) is 0.334. The number of nitrogens with one attached hydrogen (secondary N) is 1. The number of aryl methyl sites for hydroxylation is 1. The minimum Gasteiger partial charge on any atom is -0.294 e. The van der Waals surface area contributed by atoms with E-state index in [1.165, 1.54) is 7.11 Å². The molecule has 16 heavy (non-hydrogen) atoms. The van der Waals surface area contributed by atoms with Crippen molar-refractivity contribution >= 4 is 11.7 Å². The lowest BCUT2D eigenvalue weighted by atomic mass is 10.0. The third kappa shape index (κ3) is 3.47. The van der Waals surface area contributed by atoms with Gasteiger partial charge in [0.1, 0.15) is 0 Å². The highest BCUT2D eigenvalue weighted by molar-refractivity contribution is 5.99. The van der Waals surface area contributed by atoms with Crippen LogP contribution >= 0.6 is 0 Å². The second kappa shape index (κ2) is 6.02. The van der Waals surface area contributed by atoms with Crippen molar-refractivity contribution in [2.75, 3.05) is 7.11 Å². The first-order chi connectivity index (χ1) is 7.65. The van der Waals surface area contributed by atoms with Crippen molar-refractivity contribution in [1.82, 2.24) is 5.48 Å². The van der Waals surface area contributed by atoms with Gasteiger partial charge < -0.3 is 0 Å². The van der Waals surface area contributed by atoms with E-state index < -0.39 is 0 Å². The number of hydrogen-bond donors (Lipinski definition) is 1. The number of rotatable bonds is 5. The van der Waals surface area contributed by atoms with E-state index in [0.717, 1.165) is 5.56 Å². The van der Waals surface area contributed by atoms with Crippen LogP contribution in [0.2, 0.25) is 0 Å². The van der Waals surface area contributed by atoms with Crippen molar-refractivity contribution in [3.05, 3.63) is 35.4 Å². The van der Waals surface area contributed by atoms with Crippen LogP contribution in [-0.2, 0) is 9.63 Å². The molecule has 1 rings (SSSR count). The SMILES string of the molecule is CONC(=O)CCC(=O)c1ccccc1C. The van der Waals surface area contributed by atoms with Crippen LogP contribution in [0.3, 0.4) is 0 Å². The van der Waals surface area contributed by atoms with Crippen molar-refractivity contribution in [3.63, 3.8) is 0 Å². The molecule has 0 atom stereocenters. The summed E-state index contributed by atoms with van der Waals surface area (Å²) in [5.41, 5.74) is 3.78. The number of carbonyl (C=O) groups excluding carboxylic acids is 2. The van der Waals surface area contributed by atoms with Gasteiger partial charge in [-0.3, -0.25) is 14.4 Å². The second-order valence-corrected chi connectivity index (χ2v) is 3.47. The molecule has 0 aliphatic heterocycles. The van der Waals surface area contributed by atoms with Crippen molar-refractivity contribution in [2.45, 2.75) is 19.8 Å². The fourth-order valence-electron chi connectivity index (χ4n) is 1.41. The lowest BCUT2D eigenvalue weighted by Crippen LogP contribution is -2.22. The van der Waals surface area contributed by atoms with Crippen LogP contribution in [0.4, 0.5) is 0 Å². The van der Waals surface area contributed by atoms with Crippen molar-refractivity contribution < 1.29 is 14.4 Å². The molecular formula is C12H15NO3. The molecule has 1 aromatic rings. The number of hydrogen-bond acceptors (Lipinski definition) is 3. The Balaban J connectivity index is 2.54. The molecule has 4 nitrogen and oxygen atoms in total. The molecule has 1 aromatic carbocycles. The van der Waals surface area contributed by atoms with E-state index in [4.69, 9.17) is 0 Å². The third-order valence-corrected chi connectivity index (χ3v) is 2.24. The van der Waals surface area contributed by atoms with E-state index >= 15 is 0 Å². The molecule has 0 saturated carbocycles. The van der Waals surface area contributed by atoms with Gasteiger partial charge in [0, 0.05) is 18.4 Å². The summed E-state index contributed by atoms with van der Waals surface area (Å²) in [4.78, 5) is 27.3. The second-order valence-electron chi connectivity index (χ2n) is 3.47. The van der Waals surface area contributed by atoms with Gasteiger partial charge in [-0.1, -0.05) is 24.3 Å². The van der Waals surface area contributed by atoms with E-state index in [2.05, 4.69) is 10.3 Å². The zero-order valence-corrected chi connectivity index (χ0v) is 9.45. The van der Waals surface area contributed by atoms with Gasteiger partial charge in [0.05, 0.1) is 7.11 Å². The molecule has 0 radical (unpaired) electrons. The molecule has 86 valence electrons. The summed E-state index contributed by atoms with van der Waals surface area (Å²) in [6.45, 7) is 1.88. The Morgan fingerprint density at radius 2 is 1.94 bits per heavy atom. The van der Waals surface area contributed by atoms with Crippen LogP contribution in [0.15, 0.2) is 24.3 Å². The number of benzene rings is 1.